The molecule has 1 rings (SSSR count). The molecule has 0 fully saturated rings. The fraction of sp³-hybridized carbons (Fsp3) is 0.571. The molecule has 3 N–H and O–H groups in total. The summed E-state index contributed by atoms with van der Waals surface area (Å²) in [7, 11) is 1.60. The summed E-state index contributed by atoms with van der Waals surface area (Å²) in [6, 6.07) is 7.44. The molecule has 0 aliphatic carbocycles. The average Bonchev–Trinajstić information content (AvgIpc) is 2.43. The first kappa shape index (κ1) is 15.8. The Labute approximate surface area is 114 Å². The Bertz CT molecular complexity index is 359. The Hall–Kier alpha value is -1.30. The van der Waals surface area contributed by atoms with E-state index in [1.54, 1.807) is 13.2 Å². The molecule has 1 aromatic rings. The van der Waals surface area contributed by atoms with E-state index in [1.165, 1.54) is 0 Å². The van der Waals surface area contributed by atoms with Crippen LogP contribution in [0.1, 0.15) is 13.3 Å². The molecule has 0 spiro atoms. The van der Waals surface area contributed by atoms with Crippen LogP contribution in [-0.4, -0.2) is 49.2 Å². The minimum absolute atomic E-state index is 0.143. The second-order valence-electron chi connectivity index (χ2n) is 4.47. The van der Waals surface area contributed by atoms with Crippen LogP contribution in [-0.2, 0) is 0 Å². The molecule has 5 nitrogen and oxygen atoms in total. The summed E-state index contributed by atoms with van der Waals surface area (Å²) in [4.78, 5) is 0. The first-order valence-corrected chi connectivity index (χ1v) is 6.45. The molecule has 0 aliphatic heterocycles. The second-order valence-corrected chi connectivity index (χ2v) is 4.47. The Balaban J connectivity index is 2.27. The summed E-state index contributed by atoms with van der Waals surface area (Å²) >= 11 is 0. The number of rotatable bonds is 9. The van der Waals surface area contributed by atoms with Crippen molar-refractivity contribution in [2.75, 3.05) is 26.9 Å². The van der Waals surface area contributed by atoms with Crippen LogP contribution in [0.5, 0.6) is 11.5 Å². The highest BCUT2D eigenvalue weighted by Gasteiger charge is 2.08. The fourth-order valence-corrected chi connectivity index (χ4v) is 1.58. The predicted octanol–water partition coefficient (Wildman–Crippen LogP) is 0.795. The number of hydrogen-bond acceptors (Lipinski definition) is 5. The minimum atomic E-state index is -0.590. The van der Waals surface area contributed by atoms with Gasteiger partial charge in [-0.05, 0) is 25.5 Å². The van der Waals surface area contributed by atoms with Crippen LogP contribution in [0.4, 0.5) is 0 Å². The molecule has 0 amide bonds. The van der Waals surface area contributed by atoms with Crippen LogP contribution in [0.25, 0.3) is 0 Å². The number of hydrogen-bond donors (Lipinski definition) is 3. The number of ether oxygens (including phenoxy) is 2. The van der Waals surface area contributed by atoms with Crippen molar-refractivity contribution >= 4 is 0 Å². The normalized spacial score (nSPS) is 13.9. The van der Waals surface area contributed by atoms with Gasteiger partial charge in [0.2, 0.25) is 0 Å². The van der Waals surface area contributed by atoms with Gasteiger partial charge in [0.15, 0.2) is 0 Å². The highest BCUT2D eigenvalue weighted by atomic mass is 16.5. The van der Waals surface area contributed by atoms with Gasteiger partial charge in [0.1, 0.15) is 24.2 Å². The molecule has 0 heterocycles. The van der Waals surface area contributed by atoms with Crippen LogP contribution >= 0.6 is 0 Å². The van der Waals surface area contributed by atoms with Crippen LogP contribution in [0, 0.1) is 0 Å². The first-order chi connectivity index (χ1) is 9.15. The largest absolute Gasteiger partial charge is 0.497 e. The Morgan fingerprint density at radius 2 is 2.05 bits per heavy atom. The van der Waals surface area contributed by atoms with Gasteiger partial charge in [-0.3, -0.25) is 0 Å². The lowest BCUT2D eigenvalue weighted by molar-refractivity contribution is 0.103. The number of methoxy groups -OCH3 is 1. The molecule has 19 heavy (non-hydrogen) atoms. The van der Waals surface area contributed by atoms with Crippen molar-refractivity contribution in [2.45, 2.75) is 25.5 Å². The molecule has 0 aromatic heterocycles. The molecule has 108 valence electrons. The Kier molecular flexibility index (Phi) is 7.25. The van der Waals surface area contributed by atoms with Crippen LogP contribution in [0.15, 0.2) is 24.3 Å². The van der Waals surface area contributed by atoms with Gasteiger partial charge < -0.3 is 25.0 Å². The topological polar surface area (TPSA) is 71.0 Å². The summed E-state index contributed by atoms with van der Waals surface area (Å²) < 4.78 is 10.6. The zero-order valence-electron chi connectivity index (χ0n) is 11.5. The summed E-state index contributed by atoms with van der Waals surface area (Å²) in [5.41, 5.74) is 0. The van der Waals surface area contributed by atoms with Crippen LogP contribution in [0.3, 0.4) is 0 Å². The summed E-state index contributed by atoms with van der Waals surface area (Å²) in [6.45, 7) is 2.76. The van der Waals surface area contributed by atoms with E-state index in [0.29, 0.717) is 18.7 Å². The molecule has 5 heteroatoms. The molecule has 0 aliphatic rings. The van der Waals surface area contributed by atoms with Gasteiger partial charge >= 0.3 is 0 Å². The summed E-state index contributed by atoms with van der Waals surface area (Å²) in [5, 5.41) is 21.7. The lowest BCUT2D eigenvalue weighted by atomic mass is 10.2. The van der Waals surface area contributed by atoms with E-state index < -0.39 is 6.10 Å². The maximum absolute atomic E-state index is 9.77. The van der Waals surface area contributed by atoms with Crippen molar-refractivity contribution in [1.29, 1.82) is 0 Å². The average molecular weight is 269 g/mol. The Morgan fingerprint density at radius 1 is 1.32 bits per heavy atom. The van der Waals surface area contributed by atoms with E-state index in [-0.39, 0.29) is 19.3 Å². The van der Waals surface area contributed by atoms with E-state index in [1.807, 2.05) is 25.1 Å². The molecule has 0 saturated heterocycles. The molecule has 0 bridgehead atoms. The molecular weight excluding hydrogens is 246 g/mol. The third-order valence-electron chi connectivity index (χ3n) is 2.75. The Morgan fingerprint density at radius 3 is 2.74 bits per heavy atom. The van der Waals surface area contributed by atoms with Gasteiger partial charge in [0, 0.05) is 25.3 Å². The van der Waals surface area contributed by atoms with Crippen molar-refractivity contribution < 1.29 is 19.7 Å². The van der Waals surface area contributed by atoms with Gasteiger partial charge in [-0.25, -0.2) is 0 Å². The highest BCUT2D eigenvalue weighted by molar-refractivity contribution is 5.32. The quantitative estimate of drug-likeness (QED) is 0.618. The van der Waals surface area contributed by atoms with Gasteiger partial charge in [0.05, 0.1) is 7.11 Å². The minimum Gasteiger partial charge on any atom is -0.497 e. The predicted molar refractivity (Wildman–Crippen MR) is 73.7 cm³/mol. The highest BCUT2D eigenvalue weighted by Crippen LogP contribution is 2.18. The number of aliphatic hydroxyl groups is 2. The van der Waals surface area contributed by atoms with Crippen molar-refractivity contribution in [3.05, 3.63) is 24.3 Å². The number of nitrogens with one attached hydrogen (secondary N) is 1. The monoisotopic (exact) mass is 269 g/mol. The maximum atomic E-state index is 9.77. The smallest absolute Gasteiger partial charge is 0.123 e. The van der Waals surface area contributed by atoms with Gasteiger partial charge in [-0.15, -0.1) is 0 Å². The third kappa shape index (κ3) is 6.42. The number of benzene rings is 1. The van der Waals surface area contributed by atoms with Crippen LogP contribution in [0.2, 0.25) is 0 Å². The van der Waals surface area contributed by atoms with E-state index in [9.17, 15) is 5.11 Å². The van der Waals surface area contributed by atoms with Crippen molar-refractivity contribution in [3.8, 4) is 11.5 Å². The lowest BCUT2D eigenvalue weighted by Crippen LogP contribution is -2.37. The number of aliphatic hydroxyl groups excluding tert-OH is 2. The van der Waals surface area contributed by atoms with Gasteiger partial charge in [0.25, 0.3) is 0 Å². The zero-order valence-corrected chi connectivity index (χ0v) is 11.5. The van der Waals surface area contributed by atoms with Gasteiger partial charge in [-0.1, -0.05) is 6.07 Å². The SMILES string of the molecule is COc1cccc(OC[C@@H](O)CN[C@H](C)CCO)c1. The second kappa shape index (κ2) is 8.74. The summed E-state index contributed by atoms with van der Waals surface area (Å²) in [6.07, 6.45) is 0.0797. The molecule has 2 atom stereocenters. The van der Waals surface area contributed by atoms with E-state index in [4.69, 9.17) is 14.6 Å². The standard InChI is InChI=1S/C14H23NO4/c1-11(6-7-16)15-9-12(17)10-19-14-5-3-4-13(8-14)18-2/h3-5,8,11-12,15-17H,6-7,9-10H2,1-2H3/t11-,12+/m1/s1. The zero-order chi connectivity index (χ0) is 14.1. The molecule has 0 radical (unpaired) electrons. The van der Waals surface area contributed by atoms with Crippen molar-refractivity contribution in [1.82, 2.24) is 5.32 Å². The molecule has 0 unspecified atom stereocenters. The van der Waals surface area contributed by atoms with Crippen molar-refractivity contribution in [2.24, 2.45) is 0 Å². The lowest BCUT2D eigenvalue weighted by Gasteiger charge is -2.17. The van der Waals surface area contributed by atoms with Crippen LogP contribution < -0.4 is 14.8 Å². The third-order valence-corrected chi connectivity index (χ3v) is 2.75. The molecular formula is C14H23NO4. The fourth-order valence-electron chi connectivity index (χ4n) is 1.58. The van der Waals surface area contributed by atoms with E-state index >= 15 is 0 Å². The first-order valence-electron chi connectivity index (χ1n) is 6.45. The summed E-state index contributed by atoms with van der Waals surface area (Å²) in [5.74, 6) is 1.39. The maximum Gasteiger partial charge on any atom is 0.123 e. The molecule has 1 aromatic carbocycles. The van der Waals surface area contributed by atoms with Crippen molar-refractivity contribution in [3.63, 3.8) is 0 Å². The van der Waals surface area contributed by atoms with E-state index in [0.717, 1.165) is 5.75 Å². The molecule has 0 saturated carbocycles. The van der Waals surface area contributed by atoms with E-state index in [2.05, 4.69) is 5.32 Å². The van der Waals surface area contributed by atoms with Gasteiger partial charge in [-0.2, -0.15) is 0 Å².